The van der Waals surface area contributed by atoms with E-state index in [2.05, 4.69) is 34.6 Å². The van der Waals surface area contributed by atoms with Gasteiger partial charge >= 0.3 is 0 Å². The van der Waals surface area contributed by atoms with E-state index in [0.717, 1.165) is 18.6 Å². The van der Waals surface area contributed by atoms with Gasteiger partial charge in [0.1, 0.15) is 0 Å². The summed E-state index contributed by atoms with van der Waals surface area (Å²) < 4.78 is 6.09. The molecule has 0 radical (unpaired) electrons. The van der Waals surface area contributed by atoms with E-state index in [4.69, 9.17) is 4.74 Å². The lowest BCUT2D eigenvalue weighted by Crippen LogP contribution is -2.42. The summed E-state index contributed by atoms with van der Waals surface area (Å²) in [6.07, 6.45) is 1.95. The Morgan fingerprint density at radius 1 is 1.21 bits per heavy atom. The number of thioether (sulfide) groups is 2. The molecule has 3 unspecified atom stereocenters. The molecule has 2 rings (SSSR count). The van der Waals surface area contributed by atoms with Crippen LogP contribution in [-0.2, 0) is 9.53 Å². The topological polar surface area (TPSA) is 26.3 Å². The lowest BCUT2D eigenvalue weighted by atomic mass is 9.82. The number of rotatable bonds is 3. The molecule has 4 heteroatoms. The van der Waals surface area contributed by atoms with Crippen molar-refractivity contribution in [1.82, 2.24) is 0 Å². The number of ketones is 1. The number of hydrogen-bond acceptors (Lipinski definition) is 4. The van der Waals surface area contributed by atoms with Gasteiger partial charge < -0.3 is 4.74 Å². The van der Waals surface area contributed by atoms with Gasteiger partial charge in [0.05, 0.1) is 22.4 Å². The van der Waals surface area contributed by atoms with Crippen LogP contribution >= 0.6 is 23.5 Å². The Kier molecular flexibility index (Phi) is 4.64. The standard InChI is InChI=1S/C15H26O2S2/c1-6-11-13(19-8-7-18-11)12(16)10-9-14(2,3)17-15(10,4)5/h10-11,13H,6-9H2,1-5H3. The van der Waals surface area contributed by atoms with Gasteiger partial charge in [-0.15, -0.1) is 11.8 Å². The molecule has 0 saturated carbocycles. The highest BCUT2D eigenvalue weighted by atomic mass is 32.2. The minimum Gasteiger partial charge on any atom is -0.369 e. The first-order valence-electron chi connectivity index (χ1n) is 7.24. The Morgan fingerprint density at radius 2 is 1.84 bits per heavy atom. The van der Waals surface area contributed by atoms with Crippen LogP contribution in [0.25, 0.3) is 0 Å². The molecule has 0 bridgehead atoms. The number of hydrogen-bond donors (Lipinski definition) is 0. The summed E-state index contributed by atoms with van der Waals surface area (Å²) in [5, 5.41) is 0.663. The molecular weight excluding hydrogens is 276 g/mol. The molecule has 0 aromatic heterocycles. The van der Waals surface area contributed by atoms with Crippen molar-refractivity contribution in [3.05, 3.63) is 0 Å². The van der Waals surface area contributed by atoms with Crippen LogP contribution in [0.4, 0.5) is 0 Å². The zero-order valence-electron chi connectivity index (χ0n) is 12.7. The quantitative estimate of drug-likeness (QED) is 0.792. The lowest BCUT2D eigenvalue weighted by Gasteiger charge is -2.33. The molecule has 3 atom stereocenters. The molecule has 2 nitrogen and oxygen atoms in total. The molecule has 0 N–H and O–H groups in total. The normalized spacial score (nSPS) is 37.2. The SMILES string of the molecule is CCC1SCCSC1C(=O)C1CC(C)(C)OC1(C)C. The van der Waals surface area contributed by atoms with Crippen molar-refractivity contribution < 1.29 is 9.53 Å². The fourth-order valence-corrected chi connectivity index (χ4v) is 6.45. The van der Waals surface area contributed by atoms with E-state index in [0.29, 0.717) is 11.0 Å². The van der Waals surface area contributed by atoms with E-state index in [9.17, 15) is 4.79 Å². The van der Waals surface area contributed by atoms with Crippen LogP contribution in [0.5, 0.6) is 0 Å². The van der Waals surface area contributed by atoms with E-state index in [1.165, 1.54) is 5.75 Å². The van der Waals surface area contributed by atoms with Crippen molar-refractivity contribution in [1.29, 1.82) is 0 Å². The van der Waals surface area contributed by atoms with Gasteiger partial charge in [-0.25, -0.2) is 0 Å². The minimum absolute atomic E-state index is 0.0488. The maximum Gasteiger partial charge on any atom is 0.152 e. The first-order valence-corrected chi connectivity index (χ1v) is 9.34. The van der Waals surface area contributed by atoms with Gasteiger partial charge in [0, 0.05) is 16.8 Å². The predicted octanol–water partition coefficient (Wildman–Crippen LogP) is 3.78. The summed E-state index contributed by atoms with van der Waals surface area (Å²) in [6.45, 7) is 10.5. The highest BCUT2D eigenvalue weighted by Gasteiger charge is 2.51. The third-order valence-corrected chi connectivity index (χ3v) is 7.41. The second kappa shape index (κ2) is 5.61. The Balaban J connectivity index is 2.14. The van der Waals surface area contributed by atoms with E-state index in [1.807, 2.05) is 23.5 Å². The van der Waals surface area contributed by atoms with Gasteiger partial charge in [-0.3, -0.25) is 4.79 Å². The Hall–Kier alpha value is 0.330. The molecule has 2 fully saturated rings. The van der Waals surface area contributed by atoms with Crippen LogP contribution < -0.4 is 0 Å². The van der Waals surface area contributed by atoms with E-state index in [-0.39, 0.29) is 22.4 Å². The molecule has 0 aromatic rings. The third kappa shape index (κ3) is 3.33. The number of ether oxygens (including phenoxy) is 1. The second-order valence-corrected chi connectivity index (χ2v) is 9.33. The van der Waals surface area contributed by atoms with E-state index < -0.39 is 0 Å². The highest BCUT2D eigenvalue weighted by molar-refractivity contribution is 8.07. The molecule has 0 spiro atoms. The first kappa shape index (κ1) is 15.7. The van der Waals surface area contributed by atoms with E-state index >= 15 is 0 Å². The van der Waals surface area contributed by atoms with Crippen molar-refractivity contribution in [2.24, 2.45) is 5.92 Å². The Bertz CT molecular complexity index is 352. The zero-order valence-corrected chi connectivity index (χ0v) is 14.3. The van der Waals surface area contributed by atoms with Crippen LogP contribution in [0.15, 0.2) is 0 Å². The van der Waals surface area contributed by atoms with Gasteiger partial charge in [-0.1, -0.05) is 6.92 Å². The average molecular weight is 303 g/mol. The van der Waals surface area contributed by atoms with Gasteiger partial charge in [0.15, 0.2) is 5.78 Å². The van der Waals surface area contributed by atoms with Crippen molar-refractivity contribution in [2.45, 2.75) is 69.2 Å². The van der Waals surface area contributed by atoms with Crippen molar-refractivity contribution >= 4 is 29.3 Å². The first-order chi connectivity index (χ1) is 8.77. The summed E-state index contributed by atoms with van der Waals surface area (Å²) in [4.78, 5) is 13.0. The van der Waals surface area contributed by atoms with Crippen molar-refractivity contribution in [2.75, 3.05) is 11.5 Å². The average Bonchev–Trinajstić information content (AvgIpc) is 2.56. The smallest absolute Gasteiger partial charge is 0.152 e. The third-order valence-electron chi connectivity index (χ3n) is 4.15. The van der Waals surface area contributed by atoms with Crippen LogP contribution in [-0.4, -0.2) is 39.0 Å². The molecular formula is C15H26O2S2. The summed E-state index contributed by atoms with van der Waals surface area (Å²) >= 11 is 3.84. The summed E-state index contributed by atoms with van der Waals surface area (Å²) in [5.74, 6) is 2.77. The van der Waals surface area contributed by atoms with Crippen LogP contribution in [0.2, 0.25) is 0 Å². The summed E-state index contributed by atoms with van der Waals surface area (Å²) in [5.41, 5.74) is -0.487. The molecule has 0 aromatic carbocycles. The van der Waals surface area contributed by atoms with Gasteiger partial charge in [-0.05, 0) is 40.5 Å². The number of carbonyl (C=O) groups is 1. The second-order valence-electron chi connectivity index (χ2n) is 6.73. The summed E-state index contributed by atoms with van der Waals surface area (Å²) in [6, 6.07) is 0. The fraction of sp³-hybridized carbons (Fsp3) is 0.933. The van der Waals surface area contributed by atoms with Crippen molar-refractivity contribution in [3.63, 3.8) is 0 Å². The maximum atomic E-state index is 13.0. The fourth-order valence-electron chi connectivity index (χ4n) is 3.37. The van der Waals surface area contributed by atoms with Crippen LogP contribution in [0.1, 0.15) is 47.5 Å². The molecule has 2 saturated heterocycles. The lowest BCUT2D eigenvalue weighted by molar-refractivity contribution is -0.128. The van der Waals surface area contributed by atoms with E-state index in [1.54, 1.807) is 0 Å². The molecule has 0 amide bonds. The molecule has 2 aliphatic heterocycles. The Morgan fingerprint density at radius 3 is 2.37 bits per heavy atom. The number of carbonyl (C=O) groups excluding carboxylic acids is 1. The van der Waals surface area contributed by atoms with Gasteiger partial charge in [-0.2, -0.15) is 11.8 Å². The monoisotopic (exact) mass is 302 g/mol. The molecule has 2 heterocycles. The largest absolute Gasteiger partial charge is 0.369 e. The van der Waals surface area contributed by atoms with Gasteiger partial charge in [0.25, 0.3) is 0 Å². The van der Waals surface area contributed by atoms with Crippen molar-refractivity contribution in [3.8, 4) is 0 Å². The summed E-state index contributed by atoms with van der Waals surface area (Å²) in [7, 11) is 0. The Labute approximate surface area is 125 Å². The molecule has 110 valence electrons. The minimum atomic E-state index is -0.318. The van der Waals surface area contributed by atoms with Crippen LogP contribution in [0, 0.1) is 5.92 Å². The molecule has 0 aliphatic carbocycles. The molecule has 2 aliphatic rings. The molecule has 19 heavy (non-hydrogen) atoms. The number of Topliss-reactive ketones (excluding diaryl/α,β-unsaturated/α-hetero) is 1. The van der Waals surface area contributed by atoms with Gasteiger partial charge in [0.2, 0.25) is 0 Å². The maximum absolute atomic E-state index is 13.0. The highest BCUT2D eigenvalue weighted by Crippen LogP contribution is 2.45. The van der Waals surface area contributed by atoms with Crippen LogP contribution in [0.3, 0.4) is 0 Å². The predicted molar refractivity (Wildman–Crippen MR) is 85.1 cm³/mol. The zero-order chi connectivity index (χ0) is 14.3.